The molecule has 4 nitrogen and oxygen atoms in total. The Balaban J connectivity index is 1.94. The van der Waals surface area contributed by atoms with E-state index in [1.165, 1.54) is 0 Å². The van der Waals surface area contributed by atoms with Gasteiger partial charge in [-0.25, -0.2) is 0 Å². The molecule has 0 saturated heterocycles. The van der Waals surface area contributed by atoms with Crippen LogP contribution in [0.1, 0.15) is 18.4 Å². The van der Waals surface area contributed by atoms with Gasteiger partial charge in [-0.05, 0) is 31.5 Å². The number of aromatic nitrogens is 1. The first-order valence-corrected chi connectivity index (χ1v) is 5.50. The molecule has 0 bridgehead atoms. The average molecular weight is 220 g/mol. The molecule has 1 heterocycles. The van der Waals surface area contributed by atoms with E-state index in [0.717, 1.165) is 24.9 Å². The maximum atomic E-state index is 10.9. The van der Waals surface area contributed by atoms with Gasteiger partial charge in [-0.1, -0.05) is 6.07 Å². The molecule has 1 aromatic heterocycles. The van der Waals surface area contributed by atoms with Gasteiger partial charge in [-0.3, -0.25) is 14.7 Å². The Hall–Kier alpha value is -1.42. The minimum Gasteiger partial charge on any atom is -0.481 e. The topological polar surface area (TPSA) is 53.4 Å². The van der Waals surface area contributed by atoms with Gasteiger partial charge in [0.25, 0.3) is 0 Å². The van der Waals surface area contributed by atoms with Crippen molar-refractivity contribution < 1.29 is 9.90 Å². The van der Waals surface area contributed by atoms with Gasteiger partial charge >= 0.3 is 5.97 Å². The normalized spacial score (nSPS) is 24.1. The molecule has 1 fully saturated rings. The summed E-state index contributed by atoms with van der Waals surface area (Å²) in [6, 6.07) is 4.09. The first-order chi connectivity index (χ1) is 7.68. The van der Waals surface area contributed by atoms with Crippen molar-refractivity contribution in [1.29, 1.82) is 0 Å². The van der Waals surface area contributed by atoms with Gasteiger partial charge in [0.1, 0.15) is 0 Å². The first-order valence-electron chi connectivity index (χ1n) is 5.50. The lowest BCUT2D eigenvalue weighted by molar-refractivity contribution is -0.148. The van der Waals surface area contributed by atoms with Crippen molar-refractivity contribution in [3.8, 4) is 0 Å². The number of aliphatic carboxylic acids is 1. The Labute approximate surface area is 94.9 Å². The second-order valence-electron chi connectivity index (χ2n) is 4.37. The summed E-state index contributed by atoms with van der Waals surface area (Å²) in [5.74, 6) is -0.865. The van der Waals surface area contributed by atoms with Crippen molar-refractivity contribution in [3.63, 3.8) is 0 Å². The quantitative estimate of drug-likeness (QED) is 0.832. The molecule has 0 radical (unpaired) electrons. The van der Waals surface area contributed by atoms with Crippen LogP contribution in [0.4, 0.5) is 0 Å². The van der Waals surface area contributed by atoms with Crippen molar-refractivity contribution >= 4 is 5.97 Å². The Bertz CT molecular complexity index is 367. The molecule has 16 heavy (non-hydrogen) atoms. The number of hydrogen-bond donors (Lipinski definition) is 1. The van der Waals surface area contributed by atoms with Crippen molar-refractivity contribution in [2.75, 3.05) is 7.05 Å². The molecule has 1 aromatic rings. The summed E-state index contributed by atoms with van der Waals surface area (Å²) in [7, 11) is 1.98. The zero-order chi connectivity index (χ0) is 11.5. The molecular weight excluding hydrogens is 204 g/mol. The summed E-state index contributed by atoms with van der Waals surface area (Å²) in [5, 5.41) is 8.98. The summed E-state index contributed by atoms with van der Waals surface area (Å²) in [4.78, 5) is 17.1. The number of pyridine rings is 1. The average Bonchev–Trinajstić information content (AvgIpc) is 2.16. The smallest absolute Gasteiger partial charge is 0.308 e. The molecule has 1 aliphatic carbocycles. The molecule has 1 aliphatic rings. The number of rotatable bonds is 4. The predicted octanol–water partition coefficient (Wildman–Crippen LogP) is 1.38. The summed E-state index contributed by atoms with van der Waals surface area (Å²) >= 11 is 0. The van der Waals surface area contributed by atoms with E-state index >= 15 is 0 Å². The summed E-state index contributed by atoms with van der Waals surface area (Å²) in [5.41, 5.74) is 1.13. The van der Waals surface area contributed by atoms with Crippen LogP contribution in [-0.4, -0.2) is 34.0 Å². The standard InChI is InChI=1S/C12H16N2O2/c1-14(8-9-3-2-6-13-7-9)11-5-4-10(11)12(15)16/h2-3,6-7,10-11H,4-5,8H2,1H3,(H,15,16). The lowest BCUT2D eigenvalue weighted by atomic mass is 9.78. The molecule has 86 valence electrons. The summed E-state index contributed by atoms with van der Waals surface area (Å²) in [6.45, 7) is 0.766. The second-order valence-corrected chi connectivity index (χ2v) is 4.37. The van der Waals surface area contributed by atoms with Crippen LogP contribution in [0.5, 0.6) is 0 Å². The molecular formula is C12H16N2O2. The van der Waals surface area contributed by atoms with Crippen LogP contribution in [0, 0.1) is 5.92 Å². The van der Waals surface area contributed by atoms with Crippen LogP contribution in [0.15, 0.2) is 24.5 Å². The van der Waals surface area contributed by atoms with Gasteiger partial charge in [0.05, 0.1) is 5.92 Å². The first kappa shape index (κ1) is 11.1. The van der Waals surface area contributed by atoms with Gasteiger partial charge in [-0.2, -0.15) is 0 Å². The molecule has 0 spiro atoms. The van der Waals surface area contributed by atoms with Crippen LogP contribution >= 0.6 is 0 Å². The van der Waals surface area contributed by atoms with Gasteiger partial charge in [-0.15, -0.1) is 0 Å². The second kappa shape index (κ2) is 4.61. The Morgan fingerprint density at radius 2 is 2.44 bits per heavy atom. The van der Waals surface area contributed by atoms with E-state index in [4.69, 9.17) is 5.11 Å². The molecule has 0 aromatic carbocycles. The van der Waals surface area contributed by atoms with E-state index < -0.39 is 5.97 Å². The fourth-order valence-electron chi connectivity index (χ4n) is 2.19. The van der Waals surface area contributed by atoms with Crippen molar-refractivity contribution in [2.45, 2.75) is 25.4 Å². The SMILES string of the molecule is CN(Cc1cccnc1)C1CCC1C(=O)O. The van der Waals surface area contributed by atoms with Gasteiger partial charge in [0, 0.05) is 25.0 Å². The zero-order valence-corrected chi connectivity index (χ0v) is 9.34. The molecule has 4 heteroatoms. The Morgan fingerprint density at radius 1 is 1.62 bits per heavy atom. The van der Waals surface area contributed by atoms with Crippen molar-refractivity contribution in [2.24, 2.45) is 5.92 Å². The molecule has 0 aliphatic heterocycles. The van der Waals surface area contributed by atoms with Crippen LogP contribution in [0.2, 0.25) is 0 Å². The Morgan fingerprint density at radius 3 is 2.94 bits per heavy atom. The number of carboxylic acid groups (broad SMARTS) is 1. The van der Waals surface area contributed by atoms with Crippen LogP contribution < -0.4 is 0 Å². The molecule has 2 rings (SSSR count). The third-order valence-corrected chi connectivity index (χ3v) is 3.28. The third kappa shape index (κ3) is 2.22. The van der Waals surface area contributed by atoms with Crippen molar-refractivity contribution in [3.05, 3.63) is 30.1 Å². The third-order valence-electron chi connectivity index (χ3n) is 3.28. The maximum Gasteiger partial charge on any atom is 0.308 e. The Kier molecular flexibility index (Phi) is 3.19. The molecule has 1 saturated carbocycles. The minimum absolute atomic E-state index is 0.178. The van der Waals surface area contributed by atoms with E-state index in [9.17, 15) is 4.79 Å². The predicted molar refractivity (Wildman–Crippen MR) is 59.9 cm³/mol. The highest BCUT2D eigenvalue weighted by Gasteiger charge is 2.38. The number of nitrogens with zero attached hydrogens (tertiary/aromatic N) is 2. The fourth-order valence-corrected chi connectivity index (χ4v) is 2.19. The molecule has 0 amide bonds. The van der Waals surface area contributed by atoms with Gasteiger partial charge in [0.15, 0.2) is 0 Å². The van der Waals surface area contributed by atoms with Gasteiger partial charge < -0.3 is 5.11 Å². The number of carbonyl (C=O) groups is 1. The highest BCUT2D eigenvalue weighted by Crippen LogP contribution is 2.32. The maximum absolute atomic E-state index is 10.9. The van der Waals surface area contributed by atoms with E-state index in [1.54, 1.807) is 6.20 Å². The van der Waals surface area contributed by atoms with Crippen LogP contribution in [0.25, 0.3) is 0 Å². The van der Waals surface area contributed by atoms with Gasteiger partial charge in [0.2, 0.25) is 0 Å². The van der Waals surface area contributed by atoms with Crippen LogP contribution in [-0.2, 0) is 11.3 Å². The summed E-state index contributed by atoms with van der Waals surface area (Å²) < 4.78 is 0. The van der Waals surface area contributed by atoms with E-state index in [2.05, 4.69) is 9.88 Å². The van der Waals surface area contributed by atoms with Crippen molar-refractivity contribution in [1.82, 2.24) is 9.88 Å². The zero-order valence-electron chi connectivity index (χ0n) is 9.34. The largest absolute Gasteiger partial charge is 0.481 e. The molecule has 2 atom stereocenters. The minimum atomic E-state index is -0.672. The lowest BCUT2D eigenvalue weighted by Crippen LogP contribution is -2.48. The van der Waals surface area contributed by atoms with Crippen LogP contribution in [0.3, 0.4) is 0 Å². The lowest BCUT2D eigenvalue weighted by Gasteiger charge is -2.40. The highest BCUT2D eigenvalue weighted by molar-refractivity contribution is 5.72. The van der Waals surface area contributed by atoms with E-state index in [1.807, 2.05) is 25.4 Å². The number of carboxylic acids is 1. The highest BCUT2D eigenvalue weighted by atomic mass is 16.4. The van der Waals surface area contributed by atoms with E-state index in [0.29, 0.717) is 0 Å². The molecule has 2 unspecified atom stereocenters. The van der Waals surface area contributed by atoms with E-state index in [-0.39, 0.29) is 12.0 Å². The summed E-state index contributed by atoms with van der Waals surface area (Å²) in [6.07, 6.45) is 5.35. The number of hydrogen-bond acceptors (Lipinski definition) is 3. The molecule has 1 N–H and O–H groups in total. The fraction of sp³-hybridized carbons (Fsp3) is 0.500. The monoisotopic (exact) mass is 220 g/mol.